The third kappa shape index (κ3) is 3.75. The lowest BCUT2D eigenvalue weighted by atomic mass is 9.92. The summed E-state index contributed by atoms with van der Waals surface area (Å²) in [4.78, 5) is 23.3. The van der Waals surface area contributed by atoms with Gasteiger partial charge >= 0.3 is 6.03 Å². The minimum atomic E-state index is -3.68. The number of anilines is 1. The highest BCUT2D eigenvalue weighted by Crippen LogP contribution is 2.25. The third-order valence-electron chi connectivity index (χ3n) is 4.01. The number of hydrogen-bond acceptors (Lipinski definition) is 4. The summed E-state index contributed by atoms with van der Waals surface area (Å²) in [6.45, 7) is 1.58. The maximum Gasteiger partial charge on any atom is 0.322 e. The number of imide groups is 1. The van der Waals surface area contributed by atoms with Crippen molar-refractivity contribution in [2.45, 2.75) is 12.5 Å². The number of rotatable bonds is 5. The van der Waals surface area contributed by atoms with Gasteiger partial charge in [-0.2, -0.15) is 0 Å². The number of sulfonamides is 1. The van der Waals surface area contributed by atoms with Crippen LogP contribution in [0.3, 0.4) is 0 Å². The van der Waals surface area contributed by atoms with Gasteiger partial charge in [0.25, 0.3) is 15.9 Å². The van der Waals surface area contributed by atoms with Gasteiger partial charge in [0.05, 0.1) is 5.41 Å². The molecule has 7 nitrogen and oxygen atoms in total. The van der Waals surface area contributed by atoms with Crippen molar-refractivity contribution in [1.29, 1.82) is 0 Å². The van der Waals surface area contributed by atoms with Gasteiger partial charge in [-0.3, -0.25) is 14.8 Å². The smallest absolute Gasteiger partial charge is 0.320 e. The van der Waals surface area contributed by atoms with Crippen molar-refractivity contribution in [3.05, 3.63) is 71.1 Å². The molecule has 26 heavy (non-hydrogen) atoms. The highest BCUT2D eigenvalue weighted by Gasteiger charge is 2.43. The first kappa shape index (κ1) is 17.7. The molecule has 3 rings (SSSR count). The lowest BCUT2D eigenvalue weighted by molar-refractivity contribution is -0.123. The summed E-state index contributed by atoms with van der Waals surface area (Å²) >= 11 is 0. The van der Waals surface area contributed by atoms with E-state index in [-0.39, 0.29) is 0 Å². The predicted molar refractivity (Wildman–Crippen MR) is 98.5 cm³/mol. The van der Waals surface area contributed by atoms with Crippen molar-refractivity contribution in [3.8, 4) is 0 Å². The second-order valence-corrected chi connectivity index (χ2v) is 7.54. The Morgan fingerprint density at radius 1 is 1.00 bits per heavy atom. The van der Waals surface area contributed by atoms with Gasteiger partial charge in [-0.25, -0.2) is 13.2 Å². The van der Waals surface area contributed by atoms with Gasteiger partial charge in [-0.1, -0.05) is 42.5 Å². The Labute approximate surface area is 151 Å². The Bertz CT molecular complexity index is 969. The van der Waals surface area contributed by atoms with E-state index < -0.39 is 27.5 Å². The van der Waals surface area contributed by atoms with Crippen molar-refractivity contribution in [1.82, 2.24) is 10.6 Å². The van der Waals surface area contributed by atoms with Gasteiger partial charge in [-0.05, 0) is 36.3 Å². The number of benzene rings is 2. The quantitative estimate of drug-likeness (QED) is 0.701. The lowest BCUT2D eigenvalue weighted by Crippen LogP contribution is -2.40. The SMILES string of the molecule is CC1(c2ccc(NS(=O)(=O)/C=C/c3ccccc3)cc2)NC(=O)NC1=O. The maximum absolute atomic E-state index is 12.2. The van der Waals surface area contributed by atoms with E-state index in [9.17, 15) is 18.0 Å². The van der Waals surface area contributed by atoms with E-state index in [0.717, 1.165) is 11.0 Å². The lowest BCUT2D eigenvalue weighted by Gasteiger charge is -2.21. The third-order valence-corrected chi connectivity index (χ3v) is 5.02. The highest BCUT2D eigenvalue weighted by atomic mass is 32.2. The van der Waals surface area contributed by atoms with Crippen LogP contribution < -0.4 is 15.4 Å². The van der Waals surface area contributed by atoms with Gasteiger partial charge in [-0.15, -0.1) is 0 Å². The Morgan fingerprint density at radius 3 is 2.23 bits per heavy atom. The number of nitrogens with one attached hydrogen (secondary N) is 3. The van der Waals surface area contributed by atoms with Gasteiger partial charge in [0.2, 0.25) is 0 Å². The number of amides is 3. The van der Waals surface area contributed by atoms with Crippen LogP contribution in [0.5, 0.6) is 0 Å². The molecule has 1 fully saturated rings. The number of hydrogen-bond donors (Lipinski definition) is 3. The zero-order valence-electron chi connectivity index (χ0n) is 13.9. The standard InChI is InChI=1S/C18H17N3O4S/c1-18(16(22)19-17(23)20-18)14-7-9-15(10-8-14)21-26(24,25)12-11-13-5-3-2-4-6-13/h2-12,21H,1H3,(H2,19,20,22,23)/b12-11+. The molecular formula is C18H17N3O4S. The van der Waals surface area contributed by atoms with Crippen LogP contribution in [0.2, 0.25) is 0 Å². The molecule has 1 aliphatic heterocycles. The number of carbonyl (C=O) groups is 2. The van der Waals surface area contributed by atoms with E-state index in [4.69, 9.17) is 0 Å². The second-order valence-electron chi connectivity index (χ2n) is 5.97. The van der Waals surface area contributed by atoms with E-state index in [1.54, 1.807) is 31.2 Å². The molecule has 1 saturated heterocycles. The van der Waals surface area contributed by atoms with Crippen molar-refractivity contribution < 1.29 is 18.0 Å². The van der Waals surface area contributed by atoms with Crippen LogP contribution in [-0.4, -0.2) is 20.4 Å². The van der Waals surface area contributed by atoms with Crippen LogP contribution >= 0.6 is 0 Å². The molecule has 0 bridgehead atoms. The molecule has 0 aliphatic carbocycles. The first-order valence-electron chi connectivity index (χ1n) is 7.79. The molecule has 134 valence electrons. The monoisotopic (exact) mass is 371 g/mol. The number of carbonyl (C=O) groups excluding carboxylic acids is 2. The zero-order valence-corrected chi connectivity index (χ0v) is 14.7. The fourth-order valence-electron chi connectivity index (χ4n) is 2.55. The summed E-state index contributed by atoms with van der Waals surface area (Å²) in [5.74, 6) is -0.457. The first-order chi connectivity index (χ1) is 12.3. The summed E-state index contributed by atoms with van der Waals surface area (Å²) in [6.07, 6.45) is 1.50. The van der Waals surface area contributed by atoms with Gasteiger partial charge in [0, 0.05) is 5.69 Å². The average Bonchev–Trinajstić information content (AvgIpc) is 2.87. The average molecular weight is 371 g/mol. The molecule has 1 heterocycles. The van der Waals surface area contributed by atoms with E-state index in [1.165, 1.54) is 18.2 Å². The largest absolute Gasteiger partial charge is 0.322 e. The molecule has 1 aliphatic rings. The Morgan fingerprint density at radius 2 is 1.65 bits per heavy atom. The molecule has 0 saturated carbocycles. The van der Waals surface area contributed by atoms with Gasteiger partial charge in [0.15, 0.2) is 0 Å². The highest BCUT2D eigenvalue weighted by molar-refractivity contribution is 7.95. The molecule has 8 heteroatoms. The molecule has 2 aromatic rings. The topological polar surface area (TPSA) is 104 Å². The molecule has 1 unspecified atom stereocenters. The fraction of sp³-hybridized carbons (Fsp3) is 0.111. The summed E-state index contributed by atoms with van der Waals surface area (Å²) in [5.41, 5.74) is 0.481. The minimum absolute atomic E-state index is 0.347. The molecule has 3 N–H and O–H groups in total. The van der Waals surface area contributed by atoms with Crippen molar-refractivity contribution in [2.75, 3.05) is 4.72 Å². The van der Waals surface area contributed by atoms with Crippen LogP contribution in [0.15, 0.2) is 60.0 Å². The van der Waals surface area contributed by atoms with E-state index in [0.29, 0.717) is 11.3 Å². The summed E-state index contributed by atoms with van der Waals surface area (Å²) in [6, 6.07) is 14.7. The van der Waals surface area contributed by atoms with Crippen molar-refractivity contribution in [3.63, 3.8) is 0 Å². The molecule has 2 aromatic carbocycles. The van der Waals surface area contributed by atoms with Crippen molar-refractivity contribution >= 4 is 33.7 Å². The first-order valence-corrected chi connectivity index (χ1v) is 9.33. The molecule has 0 aromatic heterocycles. The molecule has 0 radical (unpaired) electrons. The van der Waals surface area contributed by atoms with Crippen molar-refractivity contribution in [2.24, 2.45) is 0 Å². The number of urea groups is 1. The van der Waals surface area contributed by atoms with Gasteiger partial charge in [0.1, 0.15) is 5.54 Å². The Kier molecular flexibility index (Phi) is 4.52. The second kappa shape index (κ2) is 6.64. The van der Waals surface area contributed by atoms with Crippen LogP contribution in [0.25, 0.3) is 6.08 Å². The fourth-order valence-corrected chi connectivity index (χ4v) is 3.42. The Balaban J connectivity index is 1.74. The molecule has 0 spiro atoms. The molecule has 3 amide bonds. The summed E-state index contributed by atoms with van der Waals surface area (Å²) < 4.78 is 26.7. The van der Waals surface area contributed by atoms with E-state index >= 15 is 0 Å². The minimum Gasteiger partial charge on any atom is -0.320 e. The van der Waals surface area contributed by atoms with Crippen LogP contribution in [-0.2, 0) is 20.4 Å². The molecular weight excluding hydrogens is 354 g/mol. The van der Waals surface area contributed by atoms with E-state index in [1.807, 2.05) is 18.2 Å². The van der Waals surface area contributed by atoms with Gasteiger partial charge < -0.3 is 5.32 Å². The Hall–Kier alpha value is -3.13. The zero-order chi connectivity index (χ0) is 18.8. The summed E-state index contributed by atoms with van der Waals surface area (Å²) in [5, 5.41) is 5.82. The van der Waals surface area contributed by atoms with Crippen LogP contribution in [0.4, 0.5) is 10.5 Å². The maximum atomic E-state index is 12.2. The van der Waals surface area contributed by atoms with E-state index in [2.05, 4.69) is 15.4 Å². The molecule has 1 atom stereocenters. The van der Waals surface area contributed by atoms with Crippen LogP contribution in [0.1, 0.15) is 18.1 Å². The normalized spacial score (nSPS) is 20.0. The summed E-state index contributed by atoms with van der Waals surface area (Å²) in [7, 11) is -3.68. The predicted octanol–water partition coefficient (Wildman–Crippen LogP) is 2.15. The van der Waals surface area contributed by atoms with Crippen LogP contribution in [0, 0.1) is 0 Å².